The van der Waals surface area contributed by atoms with Crippen molar-refractivity contribution in [3.05, 3.63) is 54.4 Å². The van der Waals surface area contributed by atoms with Gasteiger partial charge in [0.25, 0.3) is 11.8 Å². The Hall–Kier alpha value is -3.09. The molecule has 1 aromatic heterocycles. The van der Waals surface area contributed by atoms with Gasteiger partial charge in [0.05, 0.1) is 19.2 Å². The van der Waals surface area contributed by atoms with Crippen molar-refractivity contribution in [1.29, 1.82) is 0 Å². The van der Waals surface area contributed by atoms with Crippen LogP contribution in [0.4, 0.5) is 5.69 Å². The summed E-state index contributed by atoms with van der Waals surface area (Å²) in [6.45, 7) is 0.0274. The van der Waals surface area contributed by atoms with Gasteiger partial charge in [-0.05, 0) is 36.4 Å². The average Bonchev–Trinajstić information content (AvgIpc) is 2.59. The predicted octanol–water partition coefficient (Wildman–Crippen LogP) is 0.963. The van der Waals surface area contributed by atoms with Crippen molar-refractivity contribution in [3.63, 3.8) is 0 Å². The number of amides is 2. The normalized spacial score (nSPS) is 9.68. The van der Waals surface area contributed by atoms with Gasteiger partial charge in [0, 0.05) is 18.1 Å². The molecule has 0 fully saturated rings. The zero-order valence-electron chi connectivity index (χ0n) is 12.0. The molecule has 0 aliphatic heterocycles. The summed E-state index contributed by atoms with van der Waals surface area (Å²) in [6, 6.07) is 10.4. The molecule has 2 amide bonds. The summed E-state index contributed by atoms with van der Waals surface area (Å²) in [5, 5.41) is 2.93. The fraction of sp³-hybridized carbons (Fsp3) is 0.133. The smallest absolute Gasteiger partial charge is 0.271 e. The van der Waals surface area contributed by atoms with Crippen LogP contribution in [0.5, 0.6) is 5.75 Å². The molecule has 3 N–H and O–H groups in total. The van der Waals surface area contributed by atoms with Crippen molar-refractivity contribution in [2.24, 2.45) is 0 Å². The molecule has 0 aliphatic carbocycles. The minimum absolute atomic E-state index is 0.0274. The van der Waals surface area contributed by atoms with E-state index in [-0.39, 0.29) is 12.5 Å². The highest BCUT2D eigenvalue weighted by atomic mass is 16.5. The number of nitrogens with zero attached hydrogens (tertiary/aromatic N) is 1. The molecule has 0 unspecified atom stereocenters. The van der Waals surface area contributed by atoms with Crippen LogP contribution in [0.15, 0.2) is 48.8 Å². The molecule has 0 bridgehead atoms. The standard InChI is InChI=1S/C15H16N4O3/c1-22-13-6-4-12(5-7-13)17-10-14(20)18-19-15(21)11-3-2-8-16-9-11/h2-9,17H,10H2,1H3,(H,18,20)(H,19,21). The Kier molecular flexibility index (Phi) is 5.31. The Balaban J connectivity index is 1.74. The SMILES string of the molecule is COc1ccc(NCC(=O)NNC(=O)c2cccnc2)cc1. The van der Waals surface area contributed by atoms with Gasteiger partial charge < -0.3 is 10.1 Å². The number of anilines is 1. The molecule has 0 radical (unpaired) electrons. The maximum Gasteiger partial charge on any atom is 0.271 e. The van der Waals surface area contributed by atoms with Gasteiger partial charge in [0.1, 0.15) is 5.75 Å². The summed E-state index contributed by atoms with van der Waals surface area (Å²) < 4.78 is 5.04. The third-order valence-electron chi connectivity index (χ3n) is 2.78. The van der Waals surface area contributed by atoms with Crippen LogP contribution in [0.25, 0.3) is 0 Å². The first kappa shape index (κ1) is 15.3. The van der Waals surface area contributed by atoms with Gasteiger partial charge in [-0.3, -0.25) is 25.4 Å². The van der Waals surface area contributed by atoms with Gasteiger partial charge in [0.2, 0.25) is 0 Å². The van der Waals surface area contributed by atoms with E-state index >= 15 is 0 Å². The highest BCUT2D eigenvalue weighted by Crippen LogP contribution is 2.14. The van der Waals surface area contributed by atoms with E-state index in [2.05, 4.69) is 21.2 Å². The summed E-state index contributed by atoms with van der Waals surface area (Å²) in [4.78, 5) is 27.2. The van der Waals surface area contributed by atoms with E-state index in [1.54, 1.807) is 49.7 Å². The Morgan fingerprint density at radius 1 is 1.14 bits per heavy atom. The topological polar surface area (TPSA) is 92.4 Å². The van der Waals surface area contributed by atoms with Gasteiger partial charge in [0.15, 0.2) is 0 Å². The lowest BCUT2D eigenvalue weighted by atomic mass is 10.3. The first-order valence-corrected chi connectivity index (χ1v) is 6.56. The van der Waals surface area contributed by atoms with Crippen LogP contribution in [0, 0.1) is 0 Å². The largest absolute Gasteiger partial charge is 0.497 e. The number of benzene rings is 1. The van der Waals surface area contributed by atoms with E-state index in [0.29, 0.717) is 5.56 Å². The molecule has 0 saturated heterocycles. The second kappa shape index (κ2) is 7.63. The molecule has 1 aromatic carbocycles. The van der Waals surface area contributed by atoms with E-state index in [9.17, 15) is 9.59 Å². The lowest BCUT2D eigenvalue weighted by Crippen LogP contribution is -2.44. The van der Waals surface area contributed by atoms with Crippen molar-refractivity contribution in [3.8, 4) is 5.75 Å². The van der Waals surface area contributed by atoms with Gasteiger partial charge >= 0.3 is 0 Å². The molecule has 2 aromatic rings. The molecule has 0 spiro atoms. The predicted molar refractivity (Wildman–Crippen MR) is 81.3 cm³/mol. The molecule has 0 atom stereocenters. The van der Waals surface area contributed by atoms with E-state index in [1.807, 2.05) is 0 Å². The molecule has 7 heteroatoms. The van der Waals surface area contributed by atoms with E-state index in [1.165, 1.54) is 6.20 Å². The number of ether oxygens (including phenoxy) is 1. The minimum atomic E-state index is -0.425. The van der Waals surface area contributed by atoms with Crippen LogP contribution in [-0.2, 0) is 4.79 Å². The zero-order valence-corrected chi connectivity index (χ0v) is 12.0. The van der Waals surface area contributed by atoms with Crippen LogP contribution in [0.3, 0.4) is 0 Å². The summed E-state index contributed by atoms with van der Waals surface area (Å²) in [6.07, 6.45) is 2.98. The first-order valence-electron chi connectivity index (χ1n) is 6.56. The molecular weight excluding hydrogens is 284 g/mol. The van der Waals surface area contributed by atoms with Gasteiger partial charge in [-0.2, -0.15) is 0 Å². The third-order valence-corrected chi connectivity index (χ3v) is 2.78. The monoisotopic (exact) mass is 300 g/mol. The molecule has 2 rings (SSSR count). The molecule has 114 valence electrons. The molecule has 0 saturated carbocycles. The number of pyridine rings is 1. The van der Waals surface area contributed by atoms with Crippen LogP contribution >= 0.6 is 0 Å². The summed E-state index contributed by atoms with van der Waals surface area (Å²) in [5.41, 5.74) is 5.77. The minimum Gasteiger partial charge on any atom is -0.497 e. The summed E-state index contributed by atoms with van der Waals surface area (Å²) >= 11 is 0. The number of nitrogens with one attached hydrogen (secondary N) is 3. The summed E-state index contributed by atoms with van der Waals surface area (Å²) in [5.74, 6) is -0.0577. The number of methoxy groups -OCH3 is 1. The number of rotatable bonds is 5. The van der Waals surface area contributed by atoms with Crippen LogP contribution in [-0.4, -0.2) is 30.5 Å². The van der Waals surface area contributed by atoms with Crippen molar-refractivity contribution in [2.75, 3.05) is 19.0 Å². The van der Waals surface area contributed by atoms with Crippen molar-refractivity contribution in [2.45, 2.75) is 0 Å². The Morgan fingerprint density at radius 3 is 2.55 bits per heavy atom. The number of hydrogen-bond acceptors (Lipinski definition) is 5. The average molecular weight is 300 g/mol. The van der Waals surface area contributed by atoms with E-state index < -0.39 is 5.91 Å². The van der Waals surface area contributed by atoms with Crippen LogP contribution in [0.1, 0.15) is 10.4 Å². The lowest BCUT2D eigenvalue weighted by Gasteiger charge is -2.09. The quantitative estimate of drug-likeness (QED) is 0.715. The maximum atomic E-state index is 11.7. The Bertz CT molecular complexity index is 629. The number of carbonyl (C=O) groups is 2. The van der Waals surface area contributed by atoms with Crippen molar-refractivity contribution < 1.29 is 14.3 Å². The highest BCUT2D eigenvalue weighted by molar-refractivity contribution is 5.95. The molecular formula is C15H16N4O3. The number of carbonyl (C=O) groups excluding carboxylic acids is 2. The van der Waals surface area contributed by atoms with Crippen molar-refractivity contribution in [1.82, 2.24) is 15.8 Å². The van der Waals surface area contributed by atoms with Crippen LogP contribution < -0.4 is 20.9 Å². The van der Waals surface area contributed by atoms with Gasteiger partial charge in [-0.25, -0.2) is 0 Å². The number of hydrogen-bond donors (Lipinski definition) is 3. The second-order valence-corrected chi connectivity index (χ2v) is 4.33. The second-order valence-electron chi connectivity index (χ2n) is 4.33. The third kappa shape index (κ3) is 4.48. The Labute approximate surface area is 127 Å². The van der Waals surface area contributed by atoms with Crippen molar-refractivity contribution >= 4 is 17.5 Å². The lowest BCUT2D eigenvalue weighted by molar-refractivity contribution is -0.120. The molecule has 1 heterocycles. The van der Waals surface area contributed by atoms with E-state index in [0.717, 1.165) is 11.4 Å². The number of aromatic nitrogens is 1. The van der Waals surface area contributed by atoms with Gasteiger partial charge in [-0.15, -0.1) is 0 Å². The summed E-state index contributed by atoms with van der Waals surface area (Å²) in [7, 11) is 1.58. The van der Waals surface area contributed by atoms with E-state index in [4.69, 9.17) is 4.74 Å². The number of hydrazine groups is 1. The first-order chi connectivity index (χ1) is 10.7. The molecule has 7 nitrogen and oxygen atoms in total. The molecule has 0 aliphatic rings. The van der Waals surface area contributed by atoms with Gasteiger partial charge in [-0.1, -0.05) is 0 Å². The van der Waals surface area contributed by atoms with Crippen LogP contribution in [0.2, 0.25) is 0 Å². The Morgan fingerprint density at radius 2 is 1.91 bits per heavy atom. The fourth-order valence-electron chi connectivity index (χ4n) is 1.63. The fourth-order valence-corrected chi connectivity index (χ4v) is 1.63. The zero-order chi connectivity index (χ0) is 15.8. The highest BCUT2D eigenvalue weighted by Gasteiger charge is 2.06. The molecule has 22 heavy (non-hydrogen) atoms. The maximum absolute atomic E-state index is 11.7.